The van der Waals surface area contributed by atoms with E-state index in [1.807, 2.05) is 0 Å². The summed E-state index contributed by atoms with van der Waals surface area (Å²) < 4.78 is 22.5. The van der Waals surface area contributed by atoms with Crippen LogP contribution in [0.25, 0.3) is 0 Å². The van der Waals surface area contributed by atoms with Gasteiger partial charge in [0.15, 0.2) is 14.6 Å². The van der Waals surface area contributed by atoms with Crippen molar-refractivity contribution in [3.63, 3.8) is 0 Å². The number of amides is 2. The molecule has 2 rings (SSSR count). The molecule has 6 heteroatoms. The predicted molar refractivity (Wildman–Crippen MR) is 52.8 cm³/mol. The fraction of sp³-hybridized carbons (Fsp3) is 0.778. The molecule has 1 N–H and O–H groups in total. The second kappa shape index (κ2) is 3.30. The highest BCUT2D eigenvalue weighted by Crippen LogP contribution is 2.37. The lowest BCUT2D eigenvalue weighted by Gasteiger charge is -2.37. The van der Waals surface area contributed by atoms with Crippen molar-refractivity contribution in [2.24, 2.45) is 0 Å². The van der Waals surface area contributed by atoms with E-state index in [9.17, 15) is 18.0 Å². The summed E-state index contributed by atoms with van der Waals surface area (Å²) in [6, 6.07) is 0. The van der Waals surface area contributed by atoms with Gasteiger partial charge in [0.05, 0.1) is 0 Å². The van der Waals surface area contributed by atoms with Crippen molar-refractivity contribution in [2.75, 3.05) is 5.75 Å². The summed E-state index contributed by atoms with van der Waals surface area (Å²) in [5.74, 6) is -1.85. The third-order valence-corrected chi connectivity index (χ3v) is 5.67. The summed E-state index contributed by atoms with van der Waals surface area (Å²) >= 11 is 0. The number of hydrogen-bond donors (Lipinski definition) is 1. The molecule has 1 aliphatic carbocycles. The average Bonchev–Trinajstić information content (AvgIpc) is 2.15. The summed E-state index contributed by atoms with van der Waals surface area (Å²) in [4.78, 5) is 22.7. The lowest BCUT2D eigenvalue weighted by molar-refractivity contribution is -0.132. The van der Waals surface area contributed by atoms with Gasteiger partial charge in [0.1, 0.15) is 5.75 Å². The van der Waals surface area contributed by atoms with E-state index in [-0.39, 0.29) is 0 Å². The van der Waals surface area contributed by atoms with Crippen LogP contribution in [0.4, 0.5) is 0 Å². The first-order valence-electron chi connectivity index (χ1n) is 5.05. The van der Waals surface area contributed by atoms with Gasteiger partial charge in [-0.2, -0.15) is 0 Å². The Morgan fingerprint density at radius 1 is 1.07 bits per heavy atom. The van der Waals surface area contributed by atoms with Gasteiger partial charge in [-0.3, -0.25) is 14.9 Å². The van der Waals surface area contributed by atoms with Crippen LogP contribution in [0.3, 0.4) is 0 Å². The smallest absolute Gasteiger partial charge is 0.248 e. The van der Waals surface area contributed by atoms with E-state index in [2.05, 4.69) is 5.32 Å². The van der Waals surface area contributed by atoms with Gasteiger partial charge in [-0.25, -0.2) is 8.42 Å². The molecule has 0 unspecified atom stereocenters. The minimum Gasteiger partial charge on any atom is -0.294 e. The van der Waals surface area contributed by atoms with E-state index in [0.717, 1.165) is 19.3 Å². The molecule has 5 nitrogen and oxygen atoms in total. The van der Waals surface area contributed by atoms with Crippen molar-refractivity contribution in [3.8, 4) is 0 Å². The Balaban J connectivity index is 2.43. The normalized spacial score (nSPS) is 28.8. The second-order valence-electron chi connectivity index (χ2n) is 4.19. The number of sulfone groups is 1. The zero-order chi connectivity index (χ0) is 11.1. The Morgan fingerprint density at radius 2 is 1.67 bits per heavy atom. The molecular weight excluding hydrogens is 218 g/mol. The fourth-order valence-corrected chi connectivity index (χ4v) is 4.33. The van der Waals surface area contributed by atoms with Crippen LogP contribution < -0.4 is 5.32 Å². The first-order chi connectivity index (χ1) is 6.98. The maximum absolute atomic E-state index is 11.9. The minimum absolute atomic E-state index is 0.356. The van der Waals surface area contributed by atoms with Gasteiger partial charge in [0.25, 0.3) is 0 Å². The van der Waals surface area contributed by atoms with Gasteiger partial charge in [-0.05, 0) is 12.8 Å². The van der Waals surface area contributed by atoms with Crippen molar-refractivity contribution < 1.29 is 18.0 Å². The van der Waals surface area contributed by atoms with Gasteiger partial charge < -0.3 is 0 Å². The predicted octanol–water partition coefficient (Wildman–Crippen LogP) is -0.239. The van der Waals surface area contributed by atoms with Crippen LogP contribution in [0.15, 0.2) is 0 Å². The van der Waals surface area contributed by atoms with Crippen LogP contribution >= 0.6 is 0 Å². The molecule has 0 bridgehead atoms. The van der Waals surface area contributed by atoms with E-state index >= 15 is 0 Å². The quantitative estimate of drug-likeness (QED) is 0.583. The van der Waals surface area contributed by atoms with Crippen LogP contribution in [0.1, 0.15) is 32.1 Å². The molecule has 0 aromatic rings. The Morgan fingerprint density at radius 3 is 2.20 bits per heavy atom. The Kier molecular flexibility index (Phi) is 2.33. The largest absolute Gasteiger partial charge is 0.294 e. The first kappa shape index (κ1) is 10.6. The molecule has 1 saturated carbocycles. The third-order valence-electron chi connectivity index (χ3n) is 3.24. The molecule has 0 aromatic heterocycles. The van der Waals surface area contributed by atoms with Gasteiger partial charge in [0.2, 0.25) is 11.8 Å². The highest BCUT2D eigenvalue weighted by molar-refractivity contribution is 7.94. The summed E-state index contributed by atoms with van der Waals surface area (Å²) in [5, 5.41) is 2.14. The van der Waals surface area contributed by atoms with E-state index in [1.165, 1.54) is 0 Å². The van der Waals surface area contributed by atoms with E-state index in [4.69, 9.17) is 0 Å². The standard InChI is InChI=1S/C9H13NO4S/c11-7-6-15(13,14)9(8(12)10-7)4-2-1-3-5-9/h1-6H2,(H,10,11,12). The summed E-state index contributed by atoms with van der Waals surface area (Å²) in [5.41, 5.74) is 0. The molecule has 1 aliphatic heterocycles. The zero-order valence-electron chi connectivity index (χ0n) is 8.28. The van der Waals surface area contributed by atoms with Crippen LogP contribution in [0.5, 0.6) is 0 Å². The molecule has 0 radical (unpaired) electrons. The highest BCUT2D eigenvalue weighted by Gasteiger charge is 2.54. The van der Waals surface area contributed by atoms with Crippen molar-refractivity contribution in [3.05, 3.63) is 0 Å². The molecule has 2 aliphatic rings. The number of nitrogens with one attached hydrogen (secondary N) is 1. The molecule has 84 valence electrons. The minimum atomic E-state index is -3.61. The maximum Gasteiger partial charge on any atom is 0.248 e. The molecule has 15 heavy (non-hydrogen) atoms. The van der Waals surface area contributed by atoms with E-state index < -0.39 is 32.2 Å². The molecule has 1 spiro atoms. The van der Waals surface area contributed by atoms with E-state index in [1.54, 1.807) is 0 Å². The number of imide groups is 1. The first-order valence-corrected chi connectivity index (χ1v) is 6.70. The number of carbonyl (C=O) groups is 2. The molecule has 2 amide bonds. The lowest BCUT2D eigenvalue weighted by Crippen LogP contribution is -2.61. The van der Waals surface area contributed by atoms with Crippen molar-refractivity contribution in [1.82, 2.24) is 5.32 Å². The fourth-order valence-electron chi connectivity index (χ4n) is 2.39. The summed E-state index contributed by atoms with van der Waals surface area (Å²) in [6.45, 7) is 0. The Bertz CT molecular complexity index is 406. The van der Waals surface area contributed by atoms with Crippen LogP contribution in [-0.2, 0) is 19.4 Å². The monoisotopic (exact) mass is 231 g/mol. The average molecular weight is 231 g/mol. The van der Waals surface area contributed by atoms with Crippen LogP contribution in [0.2, 0.25) is 0 Å². The molecular formula is C9H13NO4S. The Labute approximate surface area is 88.1 Å². The zero-order valence-corrected chi connectivity index (χ0v) is 9.10. The van der Waals surface area contributed by atoms with Crippen LogP contribution in [0, 0.1) is 0 Å². The number of rotatable bonds is 0. The number of hydrogen-bond acceptors (Lipinski definition) is 4. The van der Waals surface area contributed by atoms with Gasteiger partial charge in [0, 0.05) is 0 Å². The SMILES string of the molecule is O=C1CS(=O)(=O)C2(CCCCC2)C(=O)N1. The molecule has 0 atom stereocenters. The van der Waals surface area contributed by atoms with E-state index in [0.29, 0.717) is 12.8 Å². The van der Waals surface area contributed by atoms with Crippen LogP contribution in [-0.4, -0.2) is 30.7 Å². The second-order valence-corrected chi connectivity index (χ2v) is 6.49. The Hall–Kier alpha value is -0.910. The molecule has 2 fully saturated rings. The highest BCUT2D eigenvalue weighted by atomic mass is 32.2. The molecule has 0 aromatic carbocycles. The number of carbonyl (C=O) groups excluding carboxylic acids is 2. The topological polar surface area (TPSA) is 80.3 Å². The van der Waals surface area contributed by atoms with Gasteiger partial charge in [-0.15, -0.1) is 0 Å². The van der Waals surface area contributed by atoms with Gasteiger partial charge in [-0.1, -0.05) is 19.3 Å². The maximum atomic E-state index is 11.9. The lowest BCUT2D eigenvalue weighted by atomic mass is 9.87. The van der Waals surface area contributed by atoms with Gasteiger partial charge >= 0.3 is 0 Å². The van der Waals surface area contributed by atoms with Crippen molar-refractivity contribution in [1.29, 1.82) is 0 Å². The third kappa shape index (κ3) is 1.47. The summed E-state index contributed by atoms with van der Waals surface area (Å²) in [6.07, 6.45) is 3.14. The molecule has 1 heterocycles. The summed E-state index contributed by atoms with van der Waals surface area (Å²) in [7, 11) is -3.61. The molecule has 1 saturated heterocycles. The van der Waals surface area contributed by atoms with Crippen molar-refractivity contribution >= 4 is 21.7 Å². The van der Waals surface area contributed by atoms with Crippen molar-refractivity contribution in [2.45, 2.75) is 36.9 Å².